The average molecular weight is 365 g/mol. The highest BCUT2D eigenvalue weighted by Crippen LogP contribution is 2.38. The maximum Gasteiger partial charge on any atom is 0.321 e. The molecule has 6 nitrogen and oxygen atoms in total. The van der Waals surface area contributed by atoms with E-state index in [4.69, 9.17) is 0 Å². The SMILES string of the molecule is CCc1cccc(NC(=O)N2CCCC3(CCCN3S(C)(=O)=O)C2)c1. The first-order valence-corrected chi connectivity index (χ1v) is 10.8. The van der Waals surface area contributed by atoms with Gasteiger partial charge in [-0.05, 0) is 49.8 Å². The largest absolute Gasteiger partial charge is 0.323 e. The molecule has 2 fully saturated rings. The molecule has 0 aliphatic carbocycles. The third-order valence-electron chi connectivity index (χ3n) is 5.36. The van der Waals surface area contributed by atoms with E-state index in [-0.39, 0.29) is 6.03 Å². The molecule has 2 heterocycles. The van der Waals surface area contributed by atoms with Crippen LogP contribution in [0.3, 0.4) is 0 Å². The Morgan fingerprint density at radius 2 is 1.96 bits per heavy atom. The van der Waals surface area contributed by atoms with E-state index < -0.39 is 15.6 Å². The molecular weight excluding hydrogens is 338 g/mol. The molecule has 25 heavy (non-hydrogen) atoms. The number of hydrogen-bond donors (Lipinski definition) is 1. The topological polar surface area (TPSA) is 69.7 Å². The summed E-state index contributed by atoms with van der Waals surface area (Å²) in [6.45, 7) is 3.78. The summed E-state index contributed by atoms with van der Waals surface area (Å²) in [7, 11) is -3.25. The molecule has 0 saturated carbocycles. The van der Waals surface area contributed by atoms with E-state index in [0.29, 0.717) is 19.6 Å². The number of urea groups is 1. The molecule has 1 atom stereocenters. The lowest BCUT2D eigenvalue weighted by Crippen LogP contribution is -2.58. The van der Waals surface area contributed by atoms with Crippen molar-refractivity contribution in [3.05, 3.63) is 29.8 Å². The fourth-order valence-corrected chi connectivity index (χ4v) is 5.60. The van der Waals surface area contributed by atoms with Gasteiger partial charge in [-0.15, -0.1) is 0 Å². The van der Waals surface area contributed by atoms with Gasteiger partial charge < -0.3 is 10.2 Å². The van der Waals surface area contributed by atoms with Crippen LogP contribution in [0, 0.1) is 0 Å². The number of anilines is 1. The van der Waals surface area contributed by atoms with Crippen LogP contribution in [0.4, 0.5) is 10.5 Å². The fraction of sp³-hybridized carbons (Fsp3) is 0.611. The van der Waals surface area contributed by atoms with Gasteiger partial charge in [0.15, 0.2) is 0 Å². The Balaban J connectivity index is 1.73. The molecule has 0 bridgehead atoms. The number of rotatable bonds is 3. The summed E-state index contributed by atoms with van der Waals surface area (Å²) in [5.74, 6) is 0. The number of hydrogen-bond acceptors (Lipinski definition) is 3. The number of amides is 2. The maximum atomic E-state index is 12.7. The van der Waals surface area contributed by atoms with Crippen LogP contribution in [0.15, 0.2) is 24.3 Å². The van der Waals surface area contributed by atoms with Crippen LogP contribution in [-0.2, 0) is 16.4 Å². The number of likely N-dealkylation sites (tertiary alicyclic amines) is 1. The highest BCUT2D eigenvalue weighted by molar-refractivity contribution is 7.88. The highest BCUT2D eigenvalue weighted by atomic mass is 32.2. The first-order chi connectivity index (χ1) is 11.8. The van der Waals surface area contributed by atoms with Crippen molar-refractivity contribution in [2.75, 3.05) is 31.2 Å². The minimum atomic E-state index is -3.25. The maximum absolute atomic E-state index is 12.7. The van der Waals surface area contributed by atoms with E-state index in [1.54, 1.807) is 9.21 Å². The molecule has 7 heteroatoms. The summed E-state index contributed by atoms with van der Waals surface area (Å²) in [6, 6.07) is 7.70. The average Bonchev–Trinajstić information content (AvgIpc) is 2.98. The van der Waals surface area contributed by atoms with E-state index in [2.05, 4.69) is 12.2 Å². The Morgan fingerprint density at radius 3 is 2.64 bits per heavy atom. The second kappa shape index (κ2) is 6.96. The minimum Gasteiger partial charge on any atom is -0.323 e. The second-order valence-corrected chi connectivity index (χ2v) is 9.08. The Bertz CT molecular complexity index is 750. The van der Waals surface area contributed by atoms with Crippen LogP contribution in [-0.4, -0.2) is 55.1 Å². The fourth-order valence-electron chi connectivity index (χ4n) is 4.20. The zero-order chi connectivity index (χ0) is 18.1. The smallest absolute Gasteiger partial charge is 0.321 e. The van der Waals surface area contributed by atoms with Crippen molar-refractivity contribution in [1.29, 1.82) is 0 Å². The second-order valence-electron chi connectivity index (χ2n) is 7.17. The number of nitrogens with one attached hydrogen (secondary N) is 1. The first kappa shape index (κ1) is 18.2. The Labute approximate surface area is 150 Å². The van der Waals surface area contributed by atoms with Crippen LogP contribution in [0.5, 0.6) is 0 Å². The van der Waals surface area contributed by atoms with E-state index in [1.165, 1.54) is 11.8 Å². The van der Waals surface area contributed by atoms with Gasteiger partial charge in [-0.25, -0.2) is 13.2 Å². The van der Waals surface area contributed by atoms with Gasteiger partial charge in [0, 0.05) is 25.3 Å². The van der Waals surface area contributed by atoms with E-state index >= 15 is 0 Å². The highest BCUT2D eigenvalue weighted by Gasteiger charge is 2.48. The molecule has 0 radical (unpaired) electrons. The minimum absolute atomic E-state index is 0.146. The predicted octanol–water partition coefficient (Wildman–Crippen LogP) is 2.67. The van der Waals surface area contributed by atoms with Crippen LogP contribution in [0.1, 0.15) is 38.2 Å². The lowest BCUT2D eigenvalue weighted by atomic mass is 9.88. The van der Waals surface area contributed by atoms with Crippen molar-refractivity contribution in [1.82, 2.24) is 9.21 Å². The Hall–Kier alpha value is -1.60. The van der Waals surface area contributed by atoms with E-state index in [0.717, 1.165) is 37.8 Å². The van der Waals surface area contributed by atoms with Gasteiger partial charge in [0.1, 0.15) is 0 Å². The molecule has 2 aliphatic heterocycles. The predicted molar refractivity (Wildman–Crippen MR) is 99.2 cm³/mol. The first-order valence-electron chi connectivity index (χ1n) is 8.97. The summed E-state index contributed by atoms with van der Waals surface area (Å²) in [6.07, 6.45) is 5.54. The quantitative estimate of drug-likeness (QED) is 0.895. The third kappa shape index (κ3) is 3.82. The molecule has 1 unspecified atom stereocenters. The summed E-state index contributed by atoms with van der Waals surface area (Å²) in [5, 5.41) is 2.97. The van der Waals surface area contributed by atoms with Crippen LogP contribution in [0.2, 0.25) is 0 Å². The van der Waals surface area contributed by atoms with Gasteiger partial charge in [-0.1, -0.05) is 19.1 Å². The van der Waals surface area contributed by atoms with Gasteiger partial charge in [0.2, 0.25) is 10.0 Å². The summed E-state index contributed by atoms with van der Waals surface area (Å²) >= 11 is 0. The normalized spacial score (nSPS) is 24.6. The lowest BCUT2D eigenvalue weighted by molar-refractivity contribution is 0.109. The standard InChI is InChI=1S/C18H27N3O3S/c1-3-15-7-4-8-16(13-15)19-17(22)20-11-5-9-18(14-20)10-6-12-21(18)25(2,23)24/h4,7-8,13H,3,5-6,9-12,14H2,1-2H3,(H,19,22). The van der Waals surface area contributed by atoms with Crippen LogP contribution in [0.25, 0.3) is 0 Å². The molecule has 2 saturated heterocycles. The lowest BCUT2D eigenvalue weighted by Gasteiger charge is -2.44. The van der Waals surface area contributed by atoms with Gasteiger partial charge in [-0.3, -0.25) is 0 Å². The van der Waals surface area contributed by atoms with Gasteiger partial charge in [0.25, 0.3) is 0 Å². The molecule has 2 aliphatic rings. The van der Waals surface area contributed by atoms with E-state index in [1.807, 2.05) is 24.3 Å². The molecule has 1 aromatic carbocycles. The molecule has 1 aromatic rings. The van der Waals surface area contributed by atoms with Crippen molar-refractivity contribution in [3.63, 3.8) is 0 Å². The van der Waals surface area contributed by atoms with Gasteiger partial charge in [-0.2, -0.15) is 4.31 Å². The summed E-state index contributed by atoms with van der Waals surface area (Å²) in [5.41, 5.74) is 1.54. The number of sulfonamides is 1. The Kier molecular flexibility index (Phi) is 5.06. The Morgan fingerprint density at radius 1 is 1.24 bits per heavy atom. The monoisotopic (exact) mass is 365 g/mol. The molecule has 1 spiro atoms. The van der Waals surface area contributed by atoms with Crippen molar-refractivity contribution in [2.45, 2.75) is 44.6 Å². The van der Waals surface area contributed by atoms with Crippen LogP contribution >= 0.6 is 0 Å². The number of benzene rings is 1. The number of aryl methyl sites for hydroxylation is 1. The molecule has 138 valence electrons. The molecule has 3 rings (SSSR count). The molecule has 0 aromatic heterocycles. The van der Waals surface area contributed by atoms with Crippen molar-refractivity contribution >= 4 is 21.7 Å². The molecular formula is C18H27N3O3S. The summed E-state index contributed by atoms with van der Waals surface area (Å²) in [4.78, 5) is 14.5. The molecule has 2 amide bonds. The number of carbonyl (C=O) groups excluding carboxylic acids is 1. The summed E-state index contributed by atoms with van der Waals surface area (Å²) < 4.78 is 25.9. The zero-order valence-corrected chi connectivity index (χ0v) is 15.8. The van der Waals surface area contributed by atoms with E-state index in [9.17, 15) is 13.2 Å². The van der Waals surface area contributed by atoms with Gasteiger partial charge >= 0.3 is 6.03 Å². The number of nitrogens with zero attached hydrogens (tertiary/aromatic N) is 2. The van der Waals surface area contributed by atoms with Crippen LogP contribution < -0.4 is 5.32 Å². The zero-order valence-electron chi connectivity index (χ0n) is 15.0. The van der Waals surface area contributed by atoms with Gasteiger partial charge in [0.05, 0.1) is 11.8 Å². The van der Waals surface area contributed by atoms with Crippen molar-refractivity contribution < 1.29 is 13.2 Å². The van der Waals surface area contributed by atoms with Crippen molar-refractivity contribution in [3.8, 4) is 0 Å². The third-order valence-corrected chi connectivity index (χ3v) is 6.73. The number of carbonyl (C=O) groups is 1. The van der Waals surface area contributed by atoms with Crippen molar-refractivity contribution in [2.24, 2.45) is 0 Å². The number of piperidine rings is 1. The molecule has 1 N–H and O–H groups in total.